The minimum absolute atomic E-state index is 0.744. The predicted octanol–water partition coefficient (Wildman–Crippen LogP) is 2.96. The third-order valence-corrected chi connectivity index (χ3v) is 2.72. The Hall–Kier alpha value is -2.62. The Kier molecular flexibility index (Phi) is 2.53. The molecule has 3 N–H and O–H groups in total. The second kappa shape index (κ2) is 4.33. The van der Waals surface area contributed by atoms with E-state index in [1.54, 1.807) is 6.33 Å². The van der Waals surface area contributed by atoms with Gasteiger partial charge in [-0.05, 0) is 36.4 Å². The van der Waals surface area contributed by atoms with Crippen molar-refractivity contribution in [1.82, 2.24) is 9.97 Å². The molecule has 3 rings (SSSR count). The molecule has 4 nitrogen and oxygen atoms in total. The molecule has 1 heterocycles. The molecule has 0 aliphatic rings. The molecule has 0 aliphatic carbocycles. The van der Waals surface area contributed by atoms with Crippen molar-refractivity contribution in [2.75, 3.05) is 11.1 Å². The number of anilines is 3. The van der Waals surface area contributed by atoms with Gasteiger partial charge in [0, 0.05) is 16.8 Å². The summed E-state index contributed by atoms with van der Waals surface area (Å²) >= 11 is 0. The van der Waals surface area contributed by atoms with Gasteiger partial charge < -0.3 is 11.1 Å². The summed E-state index contributed by atoms with van der Waals surface area (Å²) in [5, 5.41) is 4.26. The molecular weight excluding hydrogens is 224 g/mol. The smallest absolute Gasteiger partial charge is 0.141 e. The van der Waals surface area contributed by atoms with E-state index in [2.05, 4.69) is 15.3 Å². The molecule has 1 aromatic heterocycles. The van der Waals surface area contributed by atoms with E-state index in [-0.39, 0.29) is 0 Å². The van der Waals surface area contributed by atoms with Gasteiger partial charge in [-0.2, -0.15) is 0 Å². The molecule has 0 fully saturated rings. The molecule has 0 amide bonds. The predicted molar refractivity (Wildman–Crippen MR) is 73.7 cm³/mol. The fourth-order valence-corrected chi connectivity index (χ4v) is 1.81. The molecule has 0 unspecified atom stereocenters. The van der Waals surface area contributed by atoms with E-state index < -0.39 is 0 Å². The lowest BCUT2D eigenvalue weighted by Gasteiger charge is -2.08. The number of nitrogens with two attached hydrogens (primary N) is 1. The number of para-hydroxylation sites is 1. The van der Waals surface area contributed by atoms with E-state index in [1.807, 2.05) is 48.5 Å². The van der Waals surface area contributed by atoms with Crippen molar-refractivity contribution in [1.29, 1.82) is 0 Å². The molecule has 3 aromatic rings. The van der Waals surface area contributed by atoms with Crippen LogP contribution in [0.3, 0.4) is 0 Å². The van der Waals surface area contributed by atoms with Gasteiger partial charge in [-0.3, -0.25) is 0 Å². The number of hydrogen-bond donors (Lipinski definition) is 2. The minimum atomic E-state index is 0.744. The molecular formula is C14H12N4. The summed E-state index contributed by atoms with van der Waals surface area (Å²) in [5.74, 6) is 0.797. The lowest BCUT2D eigenvalue weighted by atomic mass is 10.2. The first kappa shape index (κ1) is 10.5. The molecule has 88 valence electrons. The summed E-state index contributed by atoms with van der Waals surface area (Å²) in [7, 11) is 0. The van der Waals surface area contributed by atoms with Crippen molar-refractivity contribution in [3.8, 4) is 0 Å². The summed E-state index contributed by atoms with van der Waals surface area (Å²) in [4.78, 5) is 8.50. The minimum Gasteiger partial charge on any atom is -0.399 e. The fraction of sp³-hybridized carbons (Fsp3) is 0. The van der Waals surface area contributed by atoms with Crippen LogP contribution in [0, 0.1) is 0 Å². The lowest BCUT2D eigenvalue weighted by Crippen LogP contribution is -1.96. The molecule has 2 aromatic carbocycles. The standard InChI is InChI=1S/C14H12N4/c15-10-5-7-11(8-6-10)18-14-12-3-1-2-4-13(12)16-9-17-14/h1-9H,15H2,(H,16,17,18). The van der Waals surface area contributed by atoms with E-state index in [1.165, 1.54) is 0 Å². The highest BCUT2D eigenvalue weighted by atomic mass is 15.0. The zero-order chi connectivity index (χ0) is 12.4. The Labute approximate surface area is 104 Å². The van der Waals surface area contributed by atoms with E-state index >= 15 is 0 Å². The maximum atomic E-state index is 5.66. The van der Waals surface area contributed by atoms with Gasteiger partial charge in [-0.25, -0.2) is 9.97 Å². The van der Waals surface area contributed by atoms with Crippen LogP contribution in [0.5, 0.6) is 0 Å². The zero-order valence-electron chi connectivity index (χ0n) is 9.67. The van der Waals surface area contributed by atoms with Crippen LogP contribution < -0.4 is 11.1 Å². The summed E-state index contributed by atoms with van der Waals surface area (Å²) in [6, 6.07) is 15.4. The normalized spacial score (nSPS) is 10.4. The Morgan fingerprint density at radius 2 is 1.67 bits per heavy atom. The second-order valence-electron chi connectivity index (χ2n) is 3.99. The number of benzene rings is 2. The average molecular weight is 236 g/mol. The van der Waals surface area contributed by atoms with Crippen LogP contribution >= 0.6 is 0 Å². The molecule has 0 atom stereocenters. The molecule has 0 saturated heterocycles. The van der Waals surface area contributed by atoms with Gasteiger partial charge in [0.25, 0.3) is 0 Å². The number of aromatic nitrogens is 2. The number of nitrogens with one attached hydrogen (secondary N) is 1. The van der Waals surface area contributed by atoms with Crippen molar-refractivity contribution in [3.63, 3.8) is 0 Å². The maximum absolute atomic E-state index is 5.66. The van der Waals surface area contributed by atoms with Crippen molar-refractivity contribution < 1.29 is 0 Å². The topological polar surface area (TPSA) is 63.8 Å². The van der Waals surface area contributed by atoms with Crippen molar-refractivity contribution in [3.05, 3.63) is 54.9 Å². The third kappa shape index (κ3) is 1.96. The summed E-state index contributed by atoms with van der Waals surface area (Å²) in [5.41, 5.74) is 8.27. The summed E-state index contributed by atoms with van der Waals surface area (Å²) in [6.07, 6.45) is 1.56. The van der Waals surface area contributed by atoms with Gasteiger partial charge >= 0.3 is 0 Å². The number of rotatable bonds is 2. The number of nitrogen functional groups attached to an aromatic ring is 1. The van der Waals surface area contributed by atoms with E-state index in [0.717, 1.165) is 28.1 Å². The molecule has 0 aliphatic heterocycles. The van der Waals surface area contributed by atoms with Crippen LogP contribution in [0.2, 0.25) is 0 Å². The molecule has 0 radical (unpaired) electrons. The summed E-state index contributed by atoms with van der Waals surface area (Å²) < 4.78 is 0. The first-order valence-corrected chi connectivity index (χ1v) is 5.65. The van der Waals surface area contributed by atoms with Crippen LogP contribution in [0.1, 0.15) is 0 Å². The number of fused-ring (bicyclic) bond motifs is 1. The molecule has 0 spiro atoms. The number of hydrogen-bond acceptors (Lipinski definition) is 4. The lowest BCUT2D eigenvalue weighted by molar-refractivity contribution is 1.22. The molecule has 4 heteroatoms. The maximum Gasteiger partial charge on any atom is 0.141 e. The average Bonchev–Trinajstić information content (AvgIpc) is 2.42. The highest BCUT2D eigenvalue weighted by Crippen LogP contribution is 2.22. The first-order chi connectivity index (χ1) is 8.83. The largest absolute Gasteiger partial charge is 0.399 e. The van der Waals surface area contributed by atoms with Crippen molar-refractivity contribution >= 4 is 28.1 Å². The molecule has 0 bridgehead atoms. The highest BCUT2D eigenvalue weighted by molar-refractivity contribution is 5.90. The van der Waals surface area contributed by atoms with Crippen LogP contribution in [-0.4, -0.2) is 9.97 Å². The van der Waals surface area contributed by atoms with Crippen LogP contribution in [0.25, 0.3) is 10.9 Å². The van der Waals surface area contributed by atoms with Crippen LogP contribution in [-0.2, 0) is 0 Å². The van der Waals surface area contributed by atoms with Gasteiger partial charge in [0.15, 0.2) is 0 Å². The Morgan fingerprint density at radius 3 is 2.50 bits per heavy atom. The van der Waals surface area contributed by atoms with Crippen molar-refractivity contribution in [2.24, 2.45) is 0 Å². The summed E-state index contributed by atoms with van der Waals surface area (Å²) in [6.45, 7) is 0. The van der Waals surface area contributed by atoms with Crippen LogP contribution in [0.4, 0.5) is 17.2 Å². The monoisotopic (exact) mass is 236 g/mol. The second-order valence-corrected chi connectivity index (χ2v) is 3.99. The zero-order valence-corrected chi connectivity index (χ0v) is 9.67. The Morgan fingerprint density at radius 1 is 0.889 bits per heavy atom. The third-order valence-electron chi connectivity index (χ3n) is 2.72. The Balaban J connectivity index is 2.02. The van der Waals surface area contributed by atoms with Gasteiger partial charge in [0.1, 0.15) is 12.1 Å². The number of nitrogens with zero attached hydrogens (tertiary/aromatic N) is 2. The van der Waals surface area contributed by atoms with E-state index in [0.29, 0.717) is 0 Å². The fourth-order valence-electron chi connectivity index (χ4n) is 1.81. The molecule has 0 saturated carbocycles. The van der Waals surface area contributed by atoms with Gasteiger partial charge in [-0.15, -0.1) is 0 Å². The highest BCUT2D eigenvalue weighted by Gasteiger charge is 2.02. The van der Waals surface area contributed by atoms with Gasteiger partial charge in [-0.1, -0.05) is 12.1 Å². The molecule has 18 heavy (non-hydrogen) atoms. The van der Waals surface area contributed by atoms with E-state index in [4.69, 9.17) is 5.73 Å². The first-order valence-electron chi connectivity index (χ1n) is 5.65. The van der Waals surface area contributed by atoms with Crippen LogP contribution in [0.15, 0.2) is 54.9 Å². The van der Waals surface area contributed by atoms with Gasteiger partial charge in [0.05, 0.1) is 5.52 Å². The van der Waals surface area contributed by atoms with Crippen molar-refractivity contribution in [2.45, 2.75) is 0 Å². The van der Waals surface area contributed by atoms with Gasteiger partial charge in [0.2, 0.25) is 0 Å². The quantitative estimate of drug-likeness (QED) is 0.671. The SMILES string of the molecule is Nc1ccc(Nc2ncnc3ccccc23)cc1. The Bertz CT molecular complexity index is 671. The van der Waals surface area contributed by atoms with E-state index in [9.17, 15) is 0 Å².